The molecule has 2 unspecified atom stereocenters. The van der Waals surface area contributed by atoms with E-state index in [2.05, 4.69) is 23.2 Å². The van der Waals surface area contributed by atoms with E-state index < -0.39 is 46.3 Å². The van der Waals surface area contributed by atoms with Crippen LogP contribution in [0.1, 0.15) is 0 Å². The fourth-order valence-electron chi connectivity index (χ4n) is 1.14. The van der Waals surface area contributed by atoms with Crippen molar-refractivity contribution in [2.24, 2.45) is 0 Å². The zero-order chi connectivity index (χ0) is 22.0. The molecule has 26 heavy (non-hydrogen) atoms. The first kappa shape index (κ1) is 25.5. The summed E-state index contributed by atoms with van der Waals surface area (Å²) in [5, 5.41) is -14.6. The Kier molecular flexibility index (Phi) is 5.85. The van der Waals surface area contributed by atoms with Gasteiger partial charge in [-0.3, -0.25) is 0 Å². The van der Waals surface area contributed by atoms with Crippen molar-refractivity contribution in [3.63, 3.8) is 0 Å². The van der Waals surface area contributed by atoms with Crippen LogP contribution in [0.3, 0.4) is 0 Å². The van der Waals surface area contributed by atoms with E-state index in [4.69, 9.17) is 0 Å². The van der Waals surface area contributed by atoms with Crippen LogP contribution in [0.2, 0.25) is 0 Å². The molecule has 0 heterocycles. The summed E-state index contributed by atoms with van der Waals surface area (Å²) < 4.78 is 200. The van der Waals surface area contributed by atoms with Gasteiger partial charge in [-0.1, -0.05) is 23.2 Å². The lowest BCUT2D eigenvalue weighted by Gasteiger charge is -2.43. The molecular weight excluding hydrogens is 471 g/mol. The number of rotatable bonds is 5. The zero-order valence-corrected chi connectivity index (χ0v) is 12.3. The molecule has 0 radical (unpaired) electrons. The van der Waals surface area contributed by atoms with Gasteiger partial charge in [0.25, 0.3) is 0 Å². The minimum Gasteiger partial charge on any atom is -0.214 e. The van der Waals surface area contributed by atoms with E-state index in [0.717, 1.165) is 0 Å². The lowest BCUT2D eigenvalue weighted by atomic mass is 9.93. The molecule has 0 saturated carbocycles. The number of hydrogen-bond donors (Lipinski definition) is 0. The van der Waals surface area contributed by atoms with Gasteiger partial charge >= 0.3 is 46.3 Å². The van der Waals surface area contributed by atoms with Crippen molar-refractivity contribution < 1.29 is 70.2 Å². The maximum Gasteiger partial charge on any atom is 0.460 e. The number of halogens is 18. The Labute approximate surface area is 141 Å². The van der Waals surface area contributed by atoms with E-state index in [1.807, 2.05) is 0 Å². The third-order valence-corrected chi connectivity index (χ3v) is 3.78. The highest BCUT2D eigenvalue weighted by Crippen LogP contribution is 2.65. The zero-order valence-electron chi connectivity index (χ0n) is 10.8. The average Bonchev–Trinajstić information content (AvgIpc) is 2.34. The maximum atomic E-state index is 13.4. The average molecular weight is 471 g/mol. The van der Waals surface area contributed by atoms with E-state index in [-0.39, 0.29) is 0 Å². The highest BCUT2D eigenvalue weighted by Gasteiger charge is 2.93. The van der Waals surface area contributed by atoms with Crippen LogP contribution < -0.4 is 0 Å². The van der Waals surface area contributed by atoms with Crippen molar-refractivity contribution in [3.8, 4) is 0 Å². The van der Waals surface area contributed by atoms with Crippen LogP contribution in [-0.4, -0.2) is 46.3 Å². The van der Waals surface area contributed by atoms with Gasteiger partial charge in [0.1, 0.15) is 0 Å². The monoisotopic (exact) mass is 470 g/mol. The minimum absolute atomic E-state index is 3.57. The first-order valence-corrected chi connectivity index (χ1v) is 5.91. The predicted octanol–water partition coefficient (Wildman–Crippen LogP) is 6.46. The summed E-state index contributed by atoms with van der Waals surface area (Å²) in [6.07, 6.45) is -15.1. The fraction of sp³-hybridized carbons (Fsp3) is 1.00. The second-order valence-corrected chi connectivity index (χ2v) is 5.48. The van der Waals surface area contributed by atoms with Crippen molar-refractivity contribution in [2.75, 3.05) is 0 Å². The van der Waals surface area contributed by atoms with Crippen molar-refractivity contribution in [2.45, 2.75) is 46.3 Å². The molecule has 0 aromatic heterocycles. The summed E-state index contributed by atoms with van der Waals surface area (Å²) >= 11 is 7.13. The van der Waals surface area contributed by atoms with E-state index >= 15 is 0 Å². The Morgan fingerprint density at radius 3 is 0.577 bits per heavy atom. The van der Waals surface area contributed by atoms with Crippen LogP contribution in [0.4, 0.5) is 70.2 Å². The van der Waals surface area contributed by atoms with E-state index in [0.29, 0.717) is 0 Å². The Bertz CT molecular complexity index is 477. The molecule has 0 aliphatic heterocycles. The van der Waals surface area contributed by atoms with Gasteiger partial charge in [0.15, 0.2) is 0 Å². The summed E-state index contributed by atoms with van der Waals surface area (Å²) in [5.74, 6) is -31.4. The molecule has 0 spiro atoms. The largest absolute Gasteiger partial charge is 0.460 e. The van der Waals surface area contributed by atoms with E-state index in [9.17, 15) is 70.2 Å². The molecule has 0 bridgehead atoms. The normalized spacial score (nSPS) is 20.5. The Hall–Kier alpha value is -0.540. The first-order valence-electron chi connectivity index (χ1n) is 5.15. The van der Waals surface area contributed by atoms with Gasteiger partial charge in [0.05, 0.1) is 0 Å². The summed E-state index contributed by atoms with van der Waals surface area (Å²) in [5.41, 5.74) is 0. The van der Waals surface area contributed by atoms with Gasteiger partial charge in [-0.25, -0.2) is 8.78 Å². The van der Waals surface area contributed by atoms with Gasteiger partial charge in [0, 0.05) is 0 Å². The molecule has 0 N–H and O–H groups in total. The summed E-state index contributed by atoms with van der Waals surface area (Å²) in [7, 11) is 0. The molecule has 158 valence electrons. The van der Waals surface area contributed by atoms with Crippen molar-refractivity contribution >= 4 is 23.2 Å². The van der Waals surface area contributed by atoms with Gasteiger partial charge in [-0.15, -0.1) is 0 Å². The lowest BCUT2D eigenvalue weighted by Crippen LogP contribution is -2.73. The quantitative estimate of drug-likeness (QED) is 0.319. The molecule has 0 nitrogen and oxygen atoms in total. The number of alkyl halides is 18. The van der Waals surface area contributed by atoms with Crippen LogP contribution in [-0.2, 0) is 0 Å². The number of hydrogen-bond acceptors (Lipinski definition) is 0. The molecule has 0 rings (SSSR count). The SMILES string of the molecule is FC(F)(F)C(F)(F)C(F)(F)C(F)(Cl)C(F)(Cl)C(F)(F)C(F)(F)C(F)(F)F. The molecule has 0 aromatic carbocycles. The molecular formula is C8Cl2F16. The topological polar surface area (TPSA) is 0 Å². The summed E-state index contributed by atoms with van der Waals surface area (Å²) in [6, 6.07) is 0. The van der Waals surface area contributed by atoms with Gasteiger partial charge in [-0.2, -0.15) is 61.5 Å². The fourth-order valence-corrected chi connectivity index (χ4v) is 1.62. The van der Waals surface area contributed by atoms with Crippen molar-refractivity contribution in [3.05, 3.63) is 0 Å². The molecule has 0 fully saturated rings. The summed E-state index contributed by atoms with van der Waals surface area (Å²) in [6.45, 7) is 0. The van der Waals surface area contributed by atoms with Crippen LogP contribution in [0.25, 0.3) is 0 Å². The lowest BCUT2D eigenvalue weighted by molar-refractivity contribution is -0.404. The Balaban J connectivity index is 6.61. The second kappa shape index (κ2) is 5.98. The molecule has 0 amide bonds. The predicted molar refractivity (Wildman–Crippen MR) is 51.3 cm³/mol. The Morgan fingerprint density at radius 2 is 0.462 bits per heavy atom. The van der Waals surface area contributed by atoms with Gasteiger partial charge in [0.2, 0.25) is 0 Å². The first-order chi connectivity index (χ1) is 10.8. The highest BCUT2D eigenvalue weighted by molar-refractivity contribution is 6.34. The Morgan fingerprint density at radius 1 is 0.308 bits per heavy atom. The smallest absolute Gasteiger partial charge is 0.214 e. The molecule has 0 aliphatic carbocycles. The molecule has 2 atom stereocenters. The molecule has 0 aromatic rings. The molecule has 18 heteroatoms. The van der Waals surface area contributed by atoms with Crippen LogP contribution in [0.5, 0.6) is 0 Å². The van der Waals surface area contributed by atoms with Crippen LogP contribution in [0.15, 0.2) is 0 Å². The van der Waals surface area contributed by atoms with Crippen molar-refractivity contribution in [1.29, 1.82) is 0 Å². The maximum absolute atomic E-state index is 13.4. The van der Waals surface area contributed by atoms with Crippen LogP contribution in [0, 0.1) is 0 Å². The second-order valence-electron chi connectivity index (χ2n) is 4.44. The summed E-state index contributed by atoms with van der Waals surface area (Å²) in [4.78, 5) is 0. The van der Waals surface area contributed by atoms with Gasteiger partial charge < -0.3 is 0 Å². The van der Waals surface area contributed by atoms with E-state index in [1.165, 1.54) is 0 Å². The third kappa shape index (κ3) is 3.03. The molecule has 0 aliphatic rings. The standard InChI is InChI=1S/C8Cl2F16/c9-1(11,3(13,14)5(17,18)7(21,22)23)2(10,12)4(15,16)6(19,20)8(24,25)26. The highest BCUT2D eigenvalue weighted by atomic mass is 35.5. The van der Waals surface area contributed by atoms with E-state index in [1.54, 1.807) is 0 Å². The third-order valence-electron chi connectivity index (χ3n) is 2.68. The molecule has 0 saturated heterocycles. The van der Waals surface area contributed by atoms with Crippen LogP contribution >= 0.6 is 23.2 Å². The minimum atomic E-state index is -7.89. The van der Waals surface area contributed by atoms with Crippen molar-refractivity contribution in [1.82, 2.24) is 0 Å². The van der Waals surface area contributed by atoms with Gasteiger partial charge in [-0.05, 0) is 0 Å².